The molecule has 6 rings (SSSR count). The van der Waals surface area contributed by atoms with Gasteiger partial charge in [0.1, 0.15) is 23.0 Å². The van der Waals surface area contributed by atoms with Crippen molar-refractivity contribution in [3.05, 3.63) is 58.4 Å². The molecule has 39 heavy (non-hydrogen) atoms. The molecule has 206 valence electrons. The van der Waals surface area contributed by atoms with Crippen molar-refractivity contribution in [2.24, 2.45) is 0 Å². The number of fused-ring (bicyclic) bond motifs is 2. The molecule has 2 bridgehead atoms. The molecule has 1 aromatic carbocycles. The number of alkyl halides is 2. The second kappa shape index (κ2) is 10.7. The first-order valence-corrected chi connectivity index (χ1v) is 13.5. The van der Waals surface area contributed by atoms with E-state index in [4.69, 9.17) is 30.3 Å². The fourth-order valence-corrected chi connectivity index (χ4v) is 6.08. The Bertz CT molecular complexity index is 1350. The SMILES string of the molecule is COC(=O)c1cnc(N2C3CCC2CC(OCc2c(-c4ccccc4OC(F)F)noc2C2CC2)C3)cc1Cl. The maximum Gasteiger partial charge on any atom is 0.387 e. The third-order valence-corrected chi connectivity index (χ3v) is 8.10. The molecule has 2 unspecified atom stereocenters. The molecular weight excluding hydrogens is 532 g/mol. The molecule has 0 spiro atoms. The summed E-state index contributed by atoms with van der Waals surface area (Å²) < 4.78 is 47.8. The van der Waals surface area contributed by atoms with Crippen molar-refractivity contribution < 1.29 is 32.3 Å². The van der Waals surface area contributed by atoms with Gasteiger partial charge in [0.25, 0.3) is 0 Å². The molecule has 2 saturated heterocycles. The summed E-state index contributed by atoms with van der Waals surface area (Å²) in [6.45, 7) is -2.67. The predicted octanol–water partition coefficient (Wildman–Crippen LogP) is 6.37. The summed E-state index contributed by atoms with van der Waals surface area (Å²) in [6.07, 6.45) is 7.10. The number of ether oxygens (including phenoxy) is 3. The maximum absolute atomic E-state index is 13.1. The number of esters is 1. The topological polar surface area (TPSA) is 86.9 Å². The van der Waals surface area contributed by atoms with Gasteiger partial charge in [-0.3, -0.25) is 0 Å². The molecule has 2 aromatic heterocycles. The van der Waals surface area contributed by atoms with Gasteiger partial charge in [-0.2, -0.15) is 8.78 Å². The van der Waals surface area contributed by atoms with E-state index < -0.39 is 12.6 Å². The molecule has 4 heterocycles. The molecule has 1 saturated carbocycles. The van der Waals surface area contributed by atoms with Gasteiger partial charge in [0.2, 0.25) is 0 Å². The smallest absolute Gasteiger partial charge is 0.387 e. The summed E-state index contributed by atoms with van der Waals surface area (Å²) in [5, 5.41) is 4.58. The van der Waals surface area contributed by atoms with Crippen LogP contribution in [0.1, 0.15) is 66.1 Å². The lowest BCUT2D eigenvalue weighted by molar-refractivity contribution is -0.0494. The number of anilines is 1. The van der Waals surface area contributed by atoms with E-state index in [9.17, 15) is 13.6 Å². The number of piperidine rings is 1. The van der Waals surface area contributed by atoms with Crippen molar-refractivity contribution in [2.75, 3.05) is 12.0 Å². The number of methoxy groups -OCH3 is 1. The summed E-state index contributed by atoms with van der Waals surface area (Å²) in [4.78, 5) is 18.7. The minimum absolute atomic E-state index is 0.00549. The molecule has 11 heteroatoms. The van der Waals surface area contributed by atoms with Crippen molar-refractivity contribution in [3.63, 3.8) is 0 Å². The highest BCUT2D eigenvalue weighted by Crippen LogP contribution is 2.46. The second-order valence-electron chi connectivity index (χ2n) is 10.2. The van der Waals surface area contributed by atoms with Gasteiger partial charge in [-0.05, 0) is 50.7 Å². The van der Waals surface area contributed by atoms with Gasteiger partial charge in [-0.1, -0.05) is 28.9 Å². The Morgan fingerprint density at radius 1 is 1.18 bits per heavy atom. The van der Waals surface area contributed by atoms with Gasteiger partial charge in [-0.25, -0.2) is 9.78 Å². The van der Waals surface area contributed by atoms with E-state index in [1.807, 2.05) is 0 Å². The number of carbonyl (C=O) groups is 1. The predicted molar refractivity (Wildman–Crippen MR) is 138 cm³/mol. The first-order chi connectivity index (χ1) is 18.9. The van der Waals surface area contributed by atoms with Crippen molar-refractivity contribution in [1.82, 2.24) is 10.1 Å². The lowest BCUT2D eigenvalue weighted by Gasteiger charge is -2.39. The fourth-order valence-electron chi connectivity index (χ4n) is 5.86. The Labute approximate surface area is 229 Å². The van der Waals surface area contributed by atoms with Gasteiger partial charge < -0.3 is 23.6 Å². The molecule has 3 aliphatic rings. The van der Waals surface area contributed by atoms with E-state index in [1.54, 1.807) is 24.3 Å². The van der Waals surface area contributed by atoms with Crippen molar-refractivity contribution in [1.29, 1.82) is 0 Å². The number of hydrogen-bond acceptors (Lipinski definition) is 8. The first kappa shape index (κ1) is 26.0. The summed E-state index contributed by atoms with van der Waals surface area (Å²) in [6, 6.07) is 8.80. The number of aromatic nitrogens is 2. The van der Waals surface area contributed by atoms with Crippen LogP contribution >= 0.6 is 11.6 Å². The number of benzene rings is 1. The Hall–Kier alpha value is -3.24. The van der Waals surface area contributed by atoms with Crippen LogP contribution in [0.15, 0.2) is 41.1 Å². The molecular formula is C28H28ClF2N3O5. The molecule has 2 atom stereocenters. The van der Waals surface area contributed by atoms with Crippen LogP contribution in [0.5, 0.6) is 5.75 Å². The van der Waals surface area contributed by atoms with Crippen LogP contribution in [0.4, 0.5) is 14.6 Å². The molecule has 3 fully saturated rings. The number of nitrogens with zero attached hydrogens (tertiary/aromatic N) is 3. The van der Waals surface area contributed by atoms with E-state index >= 15 is 0 Å². The van der Waals surface area contributed by atoms with Crippen LogP contribution in [-0.2, 0) is 16.1 Å². The molecule has 3 aromatic rings. The lowest BCUT2D eigenvalue weighted by Crippen LogP contribution is -2.46. The van der Waals surface area contributed by atoms with Gasteiger partial charge in [0.05, 0.1) is 30.4 Å². The average molecular weight is 560 g/mol. The van der Waals surface area contributed by atoms with Gasteiger partial charge in [0, 0.05) is 41.4 Å². The monoisotopic (exact) mass is 559 g/mol. The van der Waals surface area contributed by atoms with Crippen molar-refractivity contribution in [3.8, 4) is 17.0 Å². The van der Waals surface area contributed by atoms with E-state index in [0.29, 0.717) is 16.3 Å². The summed E-state index contributed by atoms with van der Waals surface area (Å²) in [7, 11) is 1.31. The zero-order valence-electron chi connectivity index (χ0n) is 21.3. The first-order valence-electron chi connectivity index (χ1n) is 13.1. The summed E-state index contributed by atoms with van der Waals surface area (Å²) in [5.74, 6) is 1.32. The van der Waals surface area contributed by atoms with Crippen molar-refractivity contribution >= 4 is 23.4 Å². The highest BCUT2D eigenvalue weighted by Gasteiger charge is 2.42. The minimum Gasteiger partial charge on any atom is -0.465 e. The van der Waals surface area contributed by atoms with Crippen molar-refractivity contribution in [2.45, 2.75) is 75.8 Å². The number of rotatable bonds is 9. The highest BCUT2D eigenvalue weighted by atomic mass is 35.5. The van der Waals surface area contributed by atoms with Crippen LogP contribution in [0.25, 0.3) is 11.3 Å². The number of pyridine rings is 1. The molecule has 0 amide bonds. The van der Waals surface area contributed by atoms with Crippen LogP contribution in [-0.4, -0.2) is 48.0 Å². The van der Waals surface area contributed by atoms with E-state index in [2.05, 4.69) is 15.0 Å². The number of carbonyl (C=O) groups excluding carboxylic acids is 1. The third kappa shape index (κ3) is 5.19. The number of halogens is 3. The summed E-state index contributed by atoms with van der Waals surface area (Å²) >= 11 is 6.37. The quantitative estimate of drug-likeness (QED) is 0.279. The largest absolute Gasteiger partial charge is 0.465 e. The second-order valence-corrected chi connectivity index (χ2v) is 10.6. The Morgan fingerprint density at radius 2 is 1.92 bits per heavy atom. The molecule has 8 nitrogen and oxygen atoms in total. The standard InChI is InChI=1S/C28H28ClF2N3O5/c1-36-27(35)20-13-32-24(12-22(20)29)34-16-8-9-17(34)11-18(10-16)37-14-21-25(33-39-26(21)15-6-7-15)19-4-2-3-5-23(19)38-28(30)31/h2-5,12-13,15-18,28H,6-11,14H2,1H3. The number of para-hydroxylation sites is 1. The number of hydrogen-bond donors (Lipinski definition) is 0. The molecule has 0 radical (unpaired) electrons. The fraction of sp³-hybridized carbons (Fsp3) is 0.464. The van der Waals surface area contributed by atoms with Crippen LogP contribution in [0.3, 0.4) is 0 Å². The van der Waals surface area contributed by atoms with Crippen LogP contribution < -0.4 is 9.64 Å². The van der Waals surface area contributed by atoms with Gasteiger partial charge in [-0.15, -0.1) is 0 Å². The summed E-state index contributed by atoms with van der Waals surface area (Å²) in [5.41, 5.74) is 1.98. The lowest BCUT2D eigenvalue weighted by atomic mass is 9.99. The Kier molecular flexibility index (Phi) is 7.16. The van der Waals surface area contributed by atoms with E-state index in [-0.39, 0.29) is 42.0 Å². The normalized spacial score (nSPS) is 22.4. The third-order valence-electron chi connectivity index (χ3n) is 7.79. The van der Waals surface area contributed by atoms with E-state index in [1.165, 1.54) is 19.4 Å². The van der Waals surface area contributed by atoms with E-state index in [0.717, 1.165) is 55.7 Å². The Balaban J connectivity index is 1.18. The molecule has 0 N–H and O–H groups in total. The molecule has 2 aliphatic heterocycles. The maximum atomic E-state index is 13.1. The Morgan fingerprint density at radius 3 is 2.59 bits per heavy atom. The molecule has 1 aliphatic carbocycles. The van der Waals surface area contributed by atoms with Crippen LogP contribution in [0.2, 0.25) is 5.02 Å². The average Bonchev–Trinajstić information content (AvgIpc) is 3.63. The van der Waals surface area contributed by atoms with Gasteiger partial charge >= 0.3 is 12.6 Å². The van der Waals surface area contributed by atoms with Gasteiger partial charge in [0.15, 0.2) is 0 Å². The highest BCUT2D eigenvalue weighted by molar-refractivity contribution is 6.33. The zero-order chi connectivity index (χ0) is 27.1. The minimum atomic E-state index is -2.94. The zero-order valence-corrected chi connectivity index (χ0v) is 22.1. The van der Waals surface area contributed by atoms with Crippen LogP contribution in [0, 0.1) is 0 Å².